The van der Waals surface area contributed by atoms with Crippen molar-refractivity contribution in [2.75, 3.05) is 13.7 Å². The first-order chi connectivity index (χ1) is 13.6. The fraction of sp³-hybridized carbons (Fsp3) is 0.524. The number of carbonyl (C=O) groups excluding carboxylic acids is 2. The molecule has 160 valence electrons. The SMILES string of the molecule is CCCCNNC(=O)[C@H](CC(C)(C)C)NC(=O)c1cc2c(OC)cc(Cl)cc2[nH]1. The lowest BCUT2D eigenvalue weighted by atomic mass is 9.87. The Hall–Kier alpha value is -2.25. The summed E-state index contributed by atoms with van der Waals surface area (Å²) in [5.74, 6) is -0.0506. The summed E-state index contributed by atoms with van der Waals surface area (Å²) in [6.07, 6.45) is 2.48. The van der Waals surface area contributed by atoms with Crippen molar-refractivity contribution in [1.82, 2.24) is 21.2 Å². The van der Waals surface area contributed by atoms with E-state index in [9.17, 15) is 9.59 Å². The molecule has 2 amide bonds. The smallest absolute Gasteiger partial charge is 0.268 e. The summed E-state index contributed by atoms with van der Waals surface area (Å²) < 4.78 is 5.34. The quantitative estimate of drug-likeness (QED) is 0.365. The highest BCUT2D eigenvalue weighted by Gasteiger charge is 2.27. The lowest BCUT2D eigenvalue weighted by Gasteiger charge is -2.26. The van der Waals surface area contributed by atoms with Crippen LogP contribution in [0.15, 0.2) is 18.2 Å². The Morgan fingerprint density at radius 1 is 1.24 bits per heavy atom. The molecule has 0 radical (unpaired) electrons. The predicted molar refractivity (Wildman–Crippen MR) is 116 cm³/mol. The molecular formula is C21H31ClN4O3. The Balaban J connectivity index is 2.18. The minimum Gasteiger partial charge on any atom is -0.496 e. The van der Waals surface area contributed by atoms with Crippen molar-refractivity contribution >= 4 is 34.3 Å². The van der Waals surface area contributed by atoms with Crippen LogP contribution in [-0.2, 0) is 4.79 Å². The number of H-pyrrole nitrogens is 1. The third-order valence-corrected chi connectivity index (χ3v) is 4.65. The van der Waals surface area contributed by atoms with Crippen molar-refractivity contribution in [3.05, 3.63) is 28.9 Å². The van der Waals surface area contributed by atoms with Crippen molar-refractivity contribution in [3.63, 3.8) is 0 Å². The molecule has 1 aromatic carbocycles. The molecule has 1 heterocycles. The number of benzene rings is 1. The minimum absolute atomic E-state index is 0.143. The number of carbonyl (C=O) groups is 2. The van der Waals surface area contributed by atoms with E-state index >= 15 is 0 Å². The molecule has 7 nitrogen and oxygen atoms in total. The van der Waals surface area contributed by atoms with Gasteiger partial charge < -0.3 is 15.0 Å². The molecule has 2 aromatic rings. The van der Waals surface area contributed by atoms with Crippen molar-refractivity contribution in [1.29, 1.82) is 0 Å². The van der Waals surface area contributed by atoms with Gasteiger partial charge in [0.05, 0.1) is 12.6 Å². The second kappa shape index (κ2) is 9.98. The van der Waals surface area contributed by atoms with Gasteiger partial charge in [0.15, 0.2) is 0 Å². The highest BCUT2D eigenvalue weighted by atomic mass is 35.5. The summed E-state index contributed by atoms with van der Waals surface area (Å²) in [4.78, 5) is 28.5. The van der Waals surface area contributed by atoms with Crippen LogP contribution in [0.2, 0.25) is 5.02 Å². The molecule has 0 saturated heterocycles. The maximum Gasteiger partial charge on any atom is 0.268 e. The number of amides is 2. The number of aromatic nitrogens is 1. The number of rotatable bonds is 9. The molecule has 0 aliphatic rings. The zero-order valence-corrected chi connectivity index (χ0v) is 18.5. The molecule has 1 aromatic heterocycles. The second-order valence-electron chi connectivity index (χ2n) is 8.31. The molecule has 0 bridgehead atoms. The van der Waals surface area contributed by atoms with E-state index < -0.39 is 6.04 Å². The number of ether oxygens (including phenoxy) is 1. The standard InChI is InChI=1S/C21H31ClN4O3/c1-6-7-8-23-26-20(28)17(12-21(2,3)4)25-19(27)16-11-14-15(24-16)9-13(22)10-18(14)29-5/h9-11,17,23-24H,6-8,12H2,1-5H3,(H,25,27)(H,26,28)/t17-/m0/s1. The van der Waals surface area contributed by atoms with Gasteiger partial charge in [-0.25, -0.2) is 5.43 Å². The molecule has 2 rings (SSSR count). The summed E-state index contributed by atoms with van der Waals surface area (Å²) in [7, 11) is 1.55. The van der Waals surface area contributed by atoms with Crippen LogP contribution in [0.1, 0.15) is 57.4 Å². The van der Waals surface area contributed by atoms with Gasteiger partial charge in [0.1, 0.15) is 17.5 Å². The number of methoxy groups -OCH3 is 1. The highest BCUT2D eigenvalue weighted by Crippen LogP contribution is 2.30. The number of fused-ring (bicyclic) bond motifs is 1. The fourth-order valence-electron chi connectivity index (χ4n) is 3.02. The lowest BCUT2D eigenvalue weighted by molar-refractivity contribution is -0.124. The summed E-state index contributed by atoms with van der Waals surface area (Å²) >= 11 is 6.10. The van der Waals surface area contributed by atoms with E-state index in [2.05, 4.69) is 28.1 Å². The number of aromatic amines is 1. The third kappa shape index (κ3) is 6.65. The van der Waals surface area contributed by atoms with Crippen LogP contribution in [0.5, 0.6) is 5.75 Å². The third-order valence-electron chi connectivity index (χ3n) is 4.43. The predicted octanol–water partition coefficient (Wildman–Crippen LogP) is 3.79. The zero-order valence-electron chi connectivity index (χ0n) is 17.7. The fourth-order valence-corrected chi connectivity index (χ4v) is 3.23. The topological polar surface area (TPSA) is 95.2 Å². The number of unbranched alkanes of at least 4 members (excludes halogenated alkanes) is 1. The minimum atomic E-state index is -0.673. The Morgan fingerprint density at radius 3 is 2.59 bits per heavy atom. The number of hydrogen-bond acceptors (Lipinski definition) is 4. The molecule has 0 fully saturated rings. The van der Waals surface area contributed by atoms with E-state index in [1.54, 1.807) is 25.3 Å². The maximum absolute atomic E-state index is 12.9. The normalized spacial score (nSPS) is 12.6. The number of nitrogens with one attached hydrogen (secondary N) is 4. The molecule has 29 heavy (non-hydrogen) atoms. The second-order valence-corrected chi connectivity index (χ2v) is 8.75. The zero-order chi connectivity index (χ0) is 21.6. The first-order valence-corrected chi connectivity index (χ1v) is 10.2. The van der Waals surface area contributed by atoms with E-state index in [0.717, 1.165) is 18.2 Å². The Bertz CT molecular complexity index is 857. The van der Waals surface area contributed by atoms with E-state index in [-0.39, 0.29) is 17.2 Å². The summed E-state index contributed by atoms with van der Waals surface area (Å²) in [5.41, 5.74) is 6.50. The Labute approximate surface area is 176 Å². The van der Waals surface area contributed by atoms with Crippen molar-refractivity contribution in [2.45, 2.75) is 53.0 Å². The highest BCUT2D eigenvalue weighted by molar-refractivity contribution is 6.31. The number of halogens is 1. The Kier molecular flexibility index (Phi) is 7.93. The Morgan fingerprint density at radius 2 is 1.97 bits per heavy atom. The van der Waals surface area contributed by atoms with Crippen LogP contribution < -0.4 is 20.9 Å². The van der Waals surface area contributed by atoms with Crippen LogP contribution >= 0.6 is 11.6 Å². The van der Waals surface area contributed by atoms with Gasteiger partial charge in [0, 0.05) is 17.0 Å². The van der Waals surface area contributed by atoms with E-state index in [0.29, 0.717) is 34.9 Å². The van der Waals surface area contributed by atoms with Gasteiger partial charge in [-0.15, -0.1) is 0 Å². The van der Waals surface area contributed by atoms with Gasteiger partial charge in [-0.2, -0.15) is 0 Å². The van der Waals surface area contributed by atoms with Gasteiger partial charge in [-0.05, 0) is 36.5 Å². The number of hydrogen-bond donors (Lipinski definition) is 4. The summed E-state index contributed by atoms with van der Waals surface area (Å²) in [5, 5.41) is 4.10. The van der Waals surface area contributed by atoms with Crippen molar-refractivity contribution in [2.24, 2.45) is 5.41 Å². The average Bonchev–Trinajstić information content (AvgIpc) is 3.06. The molecular weight excluding hydrogens is 392 g/mol. The first kappa shape index (κ1) is 23.0. The van der Waals surface area contributed by atoms with Gasteiger partial charge in [0.2, 0.25) is 0 Å². The molecule has 8 heteroatoms. The average molecular weight is 423 g/mol. The first-order valence-electron chi connectivity index (χ1n) is 9.84. The van der Waals surface area contributed by atoms with Crippen LogP contribution in [-0.4, -0.2) is 36.5 Å². The van der Waals surface area contributed by atoms with E-state index in [1.165, 1.54) is 0 Å². The lowest BCUT2D eigenvalue weighted by Crippen LogP contribution is -2.52. The number of hydrazine groups is 1. The molecule has 0 spiro atoms. The van der Waals surface area contributed by atoms with Crippen LogP contribution in [0.4, 0.5) is 0 Å². The van der Waals surface area contributed by atoms with Gasteiger partial charge in [0.25, 0.3) is 11.8 Å². The van der Waals surface area contributed by atoms with E-state index in [1.807, 2.05) is 20.8 Å². The van der Waals surface area contributed by atoms with Crippen molar-refractivity contribution in [3.8, 4) is 5.75 Å². The van der Waals surface area contributed by atoms with Gasteiger partial charge in [-0.1, -0.05) is 45.7 Å². The van der Waals surface area contributed by atoms with Crippen LogP contribution in [0.25, 0.3) is 10.9 Å². The molecule has 0 aliphatic heterocycles. The monoisotopic (exact) mass is 422 g/mol. The largest absolute Gasteiger partial charge is 0.496 e. The van der Waals surface area contributed by atoms with Gasteiger partial charge >= 0.3 is 0 Å². The van der Waals surface area contributed by atoms with E-state index in [4.69, 9.17) is 16.3 Å². The van der Waals surface area contributed by atoms with Crippen molar-refractivity contribution < 1.29 is 14.3 Å². The summed E-state index contributed by atoms with van der Waals surface area (Å²) in [6, 6.07) is 4.45. The molecule has 0 aliphatic carbocycles. The van der Waals surface area contributed by atoms with Gasteiger partial charge in [-0.3, -0.25) is 15.0 Å². The van der Waals surface area contributed by atoms with Crippen LogP contribution in [0, 0.1) is 5.41 Å². The molecule has 1 atom stereocenters. The summed E-state index contributed by atoms with van der Waals surface area (Å²) in [6.45, 7) is 8.84. The molecule has 0 saturated carbocycles. The molecule has 0 unspecified atom stereocenters. The maximum atomic E-state index is 12.9. The van der Waals surface area contributed by atoms with Crippen LogP contribution in [0.3, 0.4) is 0 Å². The molecule has 4 N–H and O–H groups in total.